The fourth-order valence-corrected chi connectivity index (χ4v) is 9.89. The average molecular weight is 475 g/mol. The minimum atomic E-state index is -0.314. The molecule has 10 atom stereocenters. The first-order valence-electron chi connectivity index (χ1n) is 15.0. The molecule has 34 heavy (non-hydrogen) atoms. The molecule has 4 rings (SSSR count). The molecule has 4 saturated carbocycles. The predicted molar refractivity (Wildman–Crippen MR) is 139 cm³/mol. The third-order valence-corrected chi connectivity index (χ3v) is 11.6. The lowest BCUT2D eigenvalue weighted by Gasteiger charge is -2.62. The van der Waals surface area contributed by atoms with Gasteiger partial charge in [0.15, 0.2) is 0 Å². The highest BCUT2D eigenvalue weighted by Gasteiger charge is 2.63. The van der Waals surface area contributed by atoms with Gasteiger partial charge in [0.05, 0.1) is 6.10 Å². The zero-order chi connectivity index (χ0) is 24.7. The normalized spacial score (nSPS) is 44.8. The molecule has 1 unspecified atom stereocenters. The molecule has 0 radical (unpaired) electrons. The van der Waals surface area contributed by atoms with E-state index >= 15 is 0 Å². The van der Waals surface area contributed by atoms with E-state index < -0.39 is 0 Å². The van der Waals surface area contributed by atoms with Crippen LogP contribution in [0.1, 0.15) is 125 Å². The molecule has 4 aliphatic carbocycles. The number of aliphatic hydroxyl groups is 1. The summed E-state index contributed by atoms with van der Waals surface area (Å²) in [5.74, 6) is 5.22. The number of carbonyl (C=O) groups excluding carboxylic acids is 1. The van der Waals surface area contributed by atoms with Crippen LogP contribution in [-0.4, -0.2) is 23.3 Å². The van der Waals surface area contributed by atoms with Crippen molar-refractivity contribution in [2.75, 3.05) is 0 Å². The van der Waals surface area contributed by atoms with Crippen LogP contribution in [0.2, 0.25) is 0 Å². The molecule has 0 amide bonds. The van der Waals surface area contributed by atoms with Crippen LogP contribution in [0.25, 0.3) is 0 Å². The zero-order valence-corrected chi connectivity index (χ0v) is 23.2. The minimum absolute atomic E-state index is 0.0356. The van der Waals surface area contributed by atoms with Gasteiger partial charge in [-0.05, 0) is 98.2 Å². The largest absolute Gasteiger partial charge is 0.462 e. The Morgan fingerprint density at radius 2 is 1.76 bits per heavy atom. The maximum Gasteiger partial charge on any atom is 0.306 e. The molecule has 4 fully saturated rings. The monoisotopic (exact) mass is 474 g/mol. The molecule has 196 valence electrons. The van der Waals surface area contributed by atoms with Gasteiger partial charge in [-0.25, -0.2) is 0 Å². The quantitative estimate of drug-likeness (QED) is 0.365. The molecule has 3 heteroatoms. The molecule has 0 aromatic heterocycles. The Hall–Kier alpha value is -0.570. The van der Waals surface area contributed by atoms with Crippen molar-refractivity contribution in [1.82, 2.24) is 0 Å². The summed E-state index contributed by atoms with van der Waals surface area (Å²) in [7, 11) is 0. The van der Waals surface area contributed by atoms with Gasteiger partial charge in [-0.2, -0.15) is 0 Å². The maximum atomic E-state index is 12.6. The van der Waals surface area contributed by atoms with Crippen LogP contribution in [0.15, 0.2) is 0 Å². The first-order valence-corrected chi connectivity index (χ1v) is 15.0. The lowest BCUT2D eigenvalue weighted by Crippen LogP contribution is -2.60. The van der Waals surface area contributed by atoms with Gasteiger partial charge in [-0.3, -0.25) is 4.79 Å². The molecule has 3 nitrogen and oxygen atoms in total. The van der Waals surface area contributed by atoms with Crippen molar-refractivity contribution in [1.29, 1.82) is 0 Å². The van der Waals surface area contributed by atoms with Crippen molar-refractivity contribution in [2.45, 2.75) is 137 Å². The number of rotatable bonds is 8. The van der Waals surface area contributed by atoms with Crippen molar-refractivity contribution in [3.8, 4) is 0 Å². The Bertz CT molecular complexity index is 703. The molecule has 0 aromatic carbocycles. The lowest BCUT2D eigenvalue weighted by molar-refractivity contribution is -0.203. The van der Waals surface area contributed by atoms with E-state index in [0.29, 0.717) is 30.1 Å². The van der Waals surface area contributed by atoms with Crippen molar-refractivity contribution >= 4 is 5.97 Å². The zero-order valence-electron chi connectivity index (χ0n) is 23.2. The summed E-state index contributed by atoms with van der Waals surface area (Å²) in [6.07, 6.45) is 14.6. The Kier molecular flexibility index (Phi) is 8.12. The van der Waals surface area contributed by atoms with Crippen LogP contribution in [0.5, 0.6) is 0 Å². The molecule has 0 aliphatic heterocycles. The molecule has 0 heterocycles. The number of hydrogen-bond donors (Lipinski definition) is 1. The molecule has 0 saturated heterocycles. The minimum Gasteiger partial charge on any atom is -0.462 e. The third kappa shape index (κ3) is 4.73. The predicted octanol–water partition coefficient (Wildman–Crippen LogP) is 7.79. The Labute approximate surface area is 210 Å². The van der Waals surface area contributed by atoms with Gasteiger partial charge in [0.1, 0.15) is 6.10 Å². The van der Waals surface area contributed by atoms with Crippen molar-refractivity contribution in [2.24, 2.45) is 52.3 Å². The highest BCUT2D eigenvalue weighted by molar-refractivity contribution is 5.69. The number of ether oxygens (including phenoxy) is 1. The summed E-state index contributed by atoms with van der Waals surface area (Å²) in [5.41, 5.74) is 0.526. The molecular weight excluding hydrogens is 420 g/mol. The van der Waals surface area contributed by atoms with E-state index in [2.05, 4.69) is 34.6 Å². The third-order valence-electron chi connectivity index (χ3n) is 11.6. The molecular formula is C31H54O3. The Balaban J connectivity index is 1.52. The Morgan fingerprint density at radius 1 is 1.00 bits per heavy atom. The summed E-state index contributed by atoms with van der Waals surface area (Å²) < 4.78 is 6.18. The maximum absolute atomic E-state index is 12.6. The SMILES string of the molecule is CCCC(=O)OC1C[C@@H](O)C[C@H]2CC[C@@H]3[C@@H]4CC[C@H]([C@H](C)CCCC(C)C)[C@@]4(C)CC[C@@H]3[C@@]12C. The molecule has 0 bridgehead atoms. The number of esters is 1. The second-order valence-corrected chi connectivity index (χ2v) is 13.9. The van der Waals surface area contributed by atoms with E-state index in [1.807, 2.05) is 6.92 Å². The van der Waals surface area contributed by atoms with Crippen LogP contribution in [0.4, 0.5) is 0 Å². The highest BCUT2D eigenvalue weighted by Crippen LogP contribution is 2.68. The van der Waals surface area contributed by atoms with Gasteiger partial charge >= 0.3 is 5.97 Å². The van der Waals surface area contributed by atoms with E-state index in [4.69, 9.17) is 4.74 Å². The summed E-state index contributed by atoms with van der Waals surface area (Å²) in [4.78, 5) is 12.6. The van der Waals surface area contributed by atoms with Gasteiger partial charge in [-0.1, -0.05) is 60.8 Å². The van der Waals surface area contributed by atoms with E-state index in [1.165, 1.54) is 57.8 Å². The fourth-order valence-electron chi connectivity index (χ4n) is 9.89. The topological polar surface area (TPSA) is 46.5 Å². The van der Waals surface area contributed by atoms with Crippen LogP contribution in [-0.2, 0) is 9.53 Å². The van der Waals surface area contributed by atoms with E-state index in [-0.39, 0.29) is 23.6 Å². The lowest BCUT2D eigenvalue weighted by atomic mass is 9.43. The number of carbonyl (C=O) groups is 1. The van der Waals surface area contributed by atoms with Gasteiger partial charge in [-0.15, -0.1) is 0 Å². The van der Waals surface area contributed by atoms with Gasteiger partial charge in [0.2, 0.25) is 0 Å². The highest BCUT2D eigenvalue weighted by atomic mass is 16.5. The molecule has 0 aromatic rings. The van der Waals surface area contributed by atoms with E-state index in [9.17, 15) is 9.90 Å². The van der Waals surface area contributed by atoms with E-state index in [0.717, 1.165) is 42.4 Å². The van der Waals surface area contributed by atoms with Crippen LogP contribution >= 0.6 is 0 Å². The summed E-state index contributed by atoms with van der Waals surface area (Å²) in [6, 6.07) is 0. The first kappa shape index (κ1) is 26.5. The molecule has 0 spiro atoms. The summed E-state index contributed by atoms with van der Waals surface area (Å²) in [5, 5.41) is 10.7. The Morgan fingerprint density at radius 3 is 2.47 bits per heavy atom. The van der Waals surface area contributed by atoms with Crippen LogP contribution < -0.4 is 0 Å². The summed E-state index contributed by atoms with van der Waals surface area (Å²) >= 11 is 0. The fraction of sp³-hybridized carbons (Fsp3) is 0.968. The van der Waals surface area contributed by atoms with Crippen LogP contribution in [0.3, 0.4) is 0 Å². The standard InChI is InChI=1S/C31H54O3/c1-7-9-29(33)34-28-19-23(32)18-22-12-13-24-26-15-14-25(21(4)11-8-10-20(2)3)30(26,5)17-16-27(24)31(22,28)6/h20-28,32H,7-19H2,1-6H3/t21-,22-,23+,24-,25-,26+,27+,28?,30-,31+/m1/s1. The number of aliphatic hydroxyl groups excluding tert-OH is 1. The van der Waals surface area contributed by atoms with Gasteiger partial charge in [0.25, 0.3) is 0 Å². The van der Waals surface area contributed by atoms with E-state index in [1.54, 1.807) is 0 Å². The second-order valence-electron chi connectivity index (χ2n) is 13.9. The molecule has 1 N–H and O–H groups in total. The van der Waals surface area contributed by atoms with Crippen molar-refractivity contribution in [3.63, 3.8) is 0 Å². The first-order chi connectivity index (χ1) is 16.1. The van der Waals surface area contributed by atoms with Crippen molar-refractivity contribution in [3.05, 3.63) is 0 Å². The number of fused-ring (bicyclic) bond motifs is 5. The smallest absolute Gasteiger partial charge is 0.306 e. The molecule has 4 aliphatic rings. The second kappa shape index (κ2) is 10.4. The van der Waals surface area contributed by atoms with Gasteiger partial charge < -0.3 is 9.84 Å². The van der Waals surface area contributed by atoms with Crippen molar-refractivity contribution < 1.29 is 14.6 Å². The average Bonchev–Trinajstić information content (AvgIpc) is 3.12. The number of hydrogen-bond acceptors (Lipinski definition) is 3. The summed E-state index contributed by atoms with van der Waals surface area (Å²) in [6.45, 7) is 14.4. The van der Waals surface area contributed by atoms with Crippen LogP contribution in [0, 0.1) is 52.3 Å². The van der Waals surface area contributed by atoms with Gasteiger partial charge in [0, 0.05) is 18.3 Å².